The maximum absolute atomic E-state index is 11.8. The quantitative estimate of drug-likeness (QED) is 0.831. The Labute approximate surface area is 128 Å². The van der Waals surface area contributed by atoms with E-state index in [9.17, 15) is 4.79 Å². The van der Waals surface area contributed by atoms with E-state index in [-0.39, 0.29) is 0 Å². The van der Waals surface area contributed by atoms with Crippen molar-refractivity contribution in [2.24, 2.45) is 0 Å². The van der Waals surface area contributed by atoms with Gasteiger partial charge < -0.3 is 4.90 Å². The Bertz CT molecular complexity index is 470. The molecule has 21 heavy (non-hydrogen) atoms. The first-order valence-electron chi connectivity index (χ1n) is 7.92. The highest BCUT2D eigenvalue weighted by atomic mass is 16.2. The topological polar surface area (TPSA) is 23.6 Å². The van der Waals surface area contributed by atoms with Crippen molar-refractivity contribution in [2.45, 2.75) is 26.7 Å². The molecule has 0 bridgehead atoms. The van der Waals surface area contributed by atoms with Crippen LogP contribution in [0.5, 0.6) is 0 Å². The largest absolute Gasteiger partial charge is 0.340 e. The maximum Gasteiger partial charge on any atom is 0.222 e. The summed E-state index contributed by atoms with van der Waals surface area (Å²) in [5.41, 5.74) is 2.54. The summed E-state index contributed by atoms with van der Waals surface area (Å²) >= 11 is 0. The van der Waals surface area contributed by atoms with Crippen LogP contribution in [-0.4, -0.2) is 48.4 Å². The zero-order chi connectivity index (χ0) is 15.1. The fourth-order valence-electron chi connectivity index (χ4n) is 2.57. The molecule has 1 fully saturated rings. The van der Waals surface area contributed by atoms with Gasteiger partial charge in [0, 0.05) is 39.1 Å². The van der Waals surface area contributed by atoms with Crippen molar-refractivity contribution >= 4 is 12.0 Å². The van der Waals surface area contributed by atoms with Gasteiger partial charge in [0.05, 0.1) is 0 Å². The molecule has 0 aliphatic carbocycles. The number of hydrogen-bond acceptors (Lipinski definition) is 2. The van der Waals surface area contributed by atoms with E-state index in [4.69, 9.17) is 0 Å². The molecule has 0 radical (unpaired) electrons. The van der Waals surface area contributed by atoms with Gasteiger partial charge in [-0.1, -0.05) is 48.9 Å². The first kappa shape index (κ1) is 15.8. The van der Waals surface area contributed by atoms with Gasteiger partial charge in [0.2, 0.25) is 5.91 Å². The van der Waals surface area contributed by atoms with E-state index in [0.29, 0.717) is 12.3 Å². The van der Waals surface area contributed by atoms with Crippen molar-refractivity contribution < 1.29 is 4.79 Å². The third kappa shape index (κ3) is 5.01. The minimum atomic E-state index is 0.312. The van der Waals surface area contributed by atoms with Gasteiger partial charge in [0.15, 0.2) is 0 Å². The fourth-order valence-corrected chi connectivity index (χ4v) is 2.57. The van der Waals surface area contributed by atoms with Gasteiger partial charge in [-0.25, -0.2) is 0 Å². The lowest BCUT2D eigenvalue weighted by atomic mass is 10.1. The molecule has 0 atom stereocenters. The van der Waals surface area contributed by atoms with Crippen LogP contribution in [0.1, 0.15) is 30.9 Å². The maximum atomic E-state index is 11.8. The number of carbonyl (C=O) groups is 1. The molecule has 3 heteroatoms. The van der Waals surface area contributed by atoms with Crippen LogP contribution < -0.4 is 0 Å². The molecule has 2 rings (SSSR count). The van der Waals surface area contributed by atoms with Crippen molar-refractivity contribution in [3.8, 4) is 0 Å². The Hall–Kier alpha value is -1.61. The first-order valence-corrected chi connectivity index (χ1v) is 7.92. The average Bonchev–Trinajstić information content (AvgIpc) is 2.50. The molecule has 114 valence electrons. The number of benzene rings is 1. The summed E-state index contributed by atoms with van der Waals surface area (Å²) in [5.74, 6) is 0.312. The Morgan fingerprint density at radius 1 is 1.14 bits per heavy atom. The molecule has 0 spiro atoms. The summed E-state index contributed by atoms with van der Waals surface area (Å²) in [4.78, 5) is 16.2. The highest BCUT2D eigenvalue weighted by molar-refractivity contribution is 5.76. The molecule has 1 saturated heterocycles. The Morgan fingerprint density at radius 2 is 1.81 bits per heavy atom. The normalized spacial score (nSPS) is 16.6. The van der Waals surface area contributed by atoms with E-state index in [2.05, 4.69) is 55.2 Å². The van der Waals surface area contributed by atoms with Gasteiger partial charge in [-0.05, 0) is 18.9 Å². The molecule has 0 aromatic heterocycles. The molecule has 1 heterocycles. The molecular formula is C18H26N2O. The second-order valence-corrected chi connectivity index (χ2v) is 5.74. The summed E-state index contributed by atoms with van der Waals surface area (Å²) in [6.45, 7) is 8.83. The minimum Gasteiger partial charge on any atom is -0.340 e. The number of amides is 1. The van der Waals surface area contributed by atoms with Crippen LogP contribution in [-0.2, 0) is 4.79 Å². The molecule has 3 nitrogen and oxygen atoms in total. The number of carbonyl (C=O) groups excluding carboxylic acids is 1. The number of aryl methyl sites for hydroxylation is 1. The summed E-state index contributed by atoms with van der Waals surface area (Å²) in [6.07, 6.45) is 6.02. The van der Waals surface area contributed by atoms with Crippen LogP contribution in [0.15, 0.2) is 30.3 Å². The Balaban J connectivity index is 1.73. The van der Waals surface area contributed by atoms with Crippen LogP contribution in [0, 0.1) is 6.92 Å². The predicted octanol–water partition coefficient (Wildman–Crippen LogP) is 2.95. The lowest BCUT2D eigenvalue weighted by Gasteiger charge is -2.34. The van der Waals surface area contributed by atoms with Gasteiger partial charge >= 0.3 is 0 Å². The first-order chi connectivity index (χ1) is 10.2. The number of nitrogens with zero attached hydrogens (tertiary/aromatic N) is 2. The second kappa shape index (κ2) is 7.99. The Kier molecular flexibility index (Phi) is 6.00. The summed E-state index contributed by atoms with van der Waals surface area (Å²) in [6, 6.07) is 8.57. The Morgan fingerprint density at radius 3 is 2.43 bits per heavy atom. The highest BCUT2D eigenvalue weighted by Crippen LogP contribution is 2.07. The summed E-state index contributed by atoms with van der Waals surface area (Å²) < 4.78 is 0. The second-order valence-electron chi connectivity index (χ2n) is 5.74. The van der Waals surface area contributed by atoms with Crippen LogP contribution in [0.2, 0.25) is 0 Å². The van der Waals surface area contributed by atoms with E-state index >= 15 is 0 Å². The van der Waals surface area contributed by atoms with Crippen molar-refractivity contribution in [3.05, 3.63) is 41.5 Å². The van der Waals surface area contributed by atoms with Crippen molar-refractivity contribution in [1.29, 1.82) is 0 Å². The lowest BCUT2D eigenvalue weighted by molar-refractivity contribution is -0.132. The monoisotopic (exact) mass is 286 g/mol. The van der Waals surface area contributed by atoms with Crippen molar-refractivity contribution in [1.82, 2.24) is 9.80 Å². The van der Waals surface area contributed by atoms with Crippen molar-refractivity contribution in [3.63, 3.8) is 0 Å². The van der Waals surface area contributed by atoms with Crippen LogP contribution >= 0.6 is 0 Å². The molecule has 1 aliphatic heterocycles. The smallest absolute Gasteiger partial charge is 0.222 e. The van der Waals surface area contributed by atoms with Gasteiger partial charge in [0.1, 0.15) is 0 Å². The zero-order valence-electron chi connectivity index (χ0n) is 13.2. The highest BCUT2D eigenvalue weighted by Gasteiger charge is 2.19. The third-order valence-electron chi connectivity index (χ3n) is 3.94. The average molecular weight is 286 g/mol. The molecule has 0 saturated carbocycles. The SMILES string of the molecule is CCCC(=O)N1CCN(C/C=C/c2ccc(C)cc2)CC1. The molecular weight excluding hydrogens is 260 g/mol. The van der Waals surface area contributed by atoms with E-state index < -0.39 is 0 Å². The minimum absolute atomic E-state index is 0.312. The standard InChI is InChI=1S/C18H26N2O/c1-3-5-18(21)20-14-12-19(13-15-20)11-4-6-17-9-7-16(2)8-10-17/h4,6-10H,3,5,11-15H2,1-2H3/b6-4+. The molecule has 0 unspecified atom stereocenters. The van der Waals surface area contributed by atoms with Gasteiger partial charge in [0.25, 0.3) is 0 Å². The fraction of sp³-hybridized carbons (Fsp3) is 0.500. The molecule has 1 amide bonds. The number of piperazine rings is 1. The summed E-state index contributed by atoms with van der Waals surface area (Å²) in [7, 11) is 0. The van der Waals surface area contributed by atoms with Gasteiger partial charge in [-0.15, -0.1) is 0 Å². The van der Waals surface area contributed by atoms with E-state index in [1.807, 2.05) is 4.90 Å². The predicted molar refractivity (Wildman–Crippen MR) is 88.1 cm³/mol. The number of hydrogen-bond donors (Lipinski definition) is 0. The van der Waals surface area contributed by atoms with Crippen molar-refractivity contribution in [2.75, 3.05) is 32.7 Å². The van der Waals surface area contributed by atoms with Gasteiger partial charge in [-0.3, -0.25) is 9.69 Å². The van der Waals surface area contributed by atoms with Crippen LogP contribution in [0.3, 0.4) is 0 Å². The van der Waals surface area contributed by atoms with E-state index in [0.717, 1.165) is 39.1 Å². The van der Waals surface area contributed by atoms with Crippen LogP contribution in [0.25, 0.3) is 6.08 Å². The molecule has 0 N–H and O–H groups in total. The van der Waals surface area contributed by atoms with E-state index in [1.54, 1.807) is 0 Å². The van der Waals surface area contributed by atoms with Gasteiger partial charge in [-0.2, -0.15) is 0 Å². The van der Waals surface area contributed by atoms with Crippen LogP contribution in [0.4, 0.5) is 0 Å². The number of rotatable bonds is 5. The molecule has 1 aliphatic rings. The summed E-state index contributed by atoms with van der Waals surface area (Å²) in [5, 5.41) is 0. The third-order valence-corrected chi connectivity index (χ3v) is 3.94. The van der Waals surface area contributed by atoms with E-state index in [1.165, 1.54) is 11.1 Å². The lowest BCUT2D eigenvalue weighted by Crippen LogP contribution is -2.48. The zero-order valence-corrected chi connectivity index (χ0v) is 13.2. The molecule has 1 aromatic carbocycles. The molecule has 1 aromatic rings.